The van der Waals surface area contributed by atoms with Gasteiger partial charge in [-0.3, -0.25) is 0 Å². The zero-order valence-electron chi connectivity index (χ0n) is 13.5. The van der Waals surface area contributed by atoms with Crippen LogP contribution in [0.2, 0.25) is 0 Å². The average Bonchev–Trinajstić information content (AvgIpc) is 2.89. The summed E-state index contributed by atoms with van der Waals surface area (Å²) < 4.78 is 0. The molecule has 3 aromatic rings. The molecular weight excluding hydrogens is 254 g/mol. The standard InChI is InChI=1S/C20H23N/c1-13-6-7-14(2)19-17(13)12-18(21-19)15-8-10-16(11-9-15)20(3,4)5/h6-12,21H,1-5H3. The highest BCUT2D eigenvalue weighted by molar-refractivity contribution is 5.90. The molecule has 0 aliphatic heterocycles. The van der Waals surface area contributed by atoms with Gasteiger partial charge in [0.25, 0.3) is 0 Å². The van der Waals surface area contributed by atoms with Crippen LogP contribution in [0.15, 0.2) is 42.5 Å². The van der Waals surface area contributed by atoms with Crippen LogP contribution in [0, 0.1) is 13.8 Å². The van der Waals surface area contributed by atoms with Gasteiger partial charge in [-0.25, -0.2) is 0 Å². The van der Waals surface area contributed by atoms with Crippen molar-refractivity contribution in [2.75, 3.05) is 0 Å². The molecule has 0 aliphatic rings. The Kier molecular flexibility index (Phi) is 3.16. The molecule has 0 atom stereocenters. The third-order valence-electron chi connectivity index (χ3n) is 4.28. The van der Waals surface area contributed by atoms with Crippen LogP contribution in [0.25, 0.3) is 22.2 Å². The molecule has 0 bridgehead atoms. The monoisotopic (exact) mass is 277 g/mol. The fourth-order valence-electron chi connectivity index (χ4n) is 2.81. The third kappa shape index (κ3) is 2.49. The van der Waals surface area contributed by atoms with Gasteiger partial charge in [-0.1, -0.05) is 57.2 Å². The summed E-state index contributed by atoms with van der Waals surface area (Å²) in [5.41, 5.74) is 7.89. The minimum absolute atomic E-state index is 0.201. The normalized spacial score (nSPS) is 12.0. The van der Waals surface area contributed by atoms with Gasteiger partial charge in [-0.2, -0.15) is 0 Å². The van der Waals surface area contributed by atoms with Gasteiger partial charge in [0.05, 0.1) is 0 Å². The number of H-pyrrole nitrogens is 1. The predicted molar refractivity (Wildman–Crippen MR) is 91.9 cm³/mol. The number of hydrogen-bond donors (Lipinski definition) is 1. The summed E-state index contributed by atoms with van der Waals surface area (Å²) in [7, 11) is 0. The van der Waals surface area contributed by atoms with Gasteiger partial charge in [0, 0.05) is 16.6 Å². The minimum Gasteiger partial charge on any atom is -0.354 e. The van der Waals surface area contributed by atoms with Gasteiger partial charge < -0.3 is 4.98 Å². The van der Waals surface area contributed by atoms with Gasteiger partial charge in [0.1, 0.15) is 0 Å². The van der Waals surface area contributed by atoms with Crippen molar-refractivity contribution in [1.82, 2.24) is 4.98 Å². The molecule has 1 N–H and O–H groups in total. The lowest BCUT2D eigenvalue weighted by Crippen LogP contribution is -2.10. The van der Waals surface area contributed by atoms with Gasteiger partial charge >= 0.3 is 0 Å². The molecule has 21 heavy (non-hydrogen) atoms. The van der Waals surface area contributed by atoms with Crippen molar-refractivity contribution in [3.05, 3.63) is 59.2 Å². The lowest BCUT2D eigenvalue weighted by Gasteiger charge is -2.19. The molecule has 0 aliphatic carbocycles. The first-order valence-electron chi connectivity index (χ1n) is 7.56. The number of hydrogen-bond acceptors (Lipinski definition) is 0. The Bertz CT molecular complexity index is 744. The van der Waals surface area contributed by atoms with Crippen LogP contribution in [-0.4, -0.2) is 4.98 Å². The molecular formula is C20H23N. The molecule has 0 unspecified atom stereocenters. The average molecular weight is 277 g/mol. The van der Waals surface area contributed by atoms with E-state index in [9.17, 15) is 0 Å². The van der Waals surface area contributed by atoms with E-state index in [1.54, 1.807) is 0 Å². The molecule has 1 heterocycles. The van der Waals surface area contributed by atoms with Crippen molar-refractivity contribution in [3.8, 4) is 11.3 Å². The van der Waals surface area contributed by atoms with Gasteiger partial charge in [0.2, 0.25) is 0 Å². The topological polar surface area (TPSA) is 15.8 Å². The molecule has 0 saturated carbocycles. The van der Waals surface area contributed by atoms with Crippen LogP contribution in [0.4, 0.5) is 0 Å². The lowest BCUT2D eigenvalue weighted by atomic mass is 9.86. The van der Waals surface area contributed by atoms with E-state index in [4.69, 9.17) is 0 Å². The number of rotatable bonds is 1. The second-order valence-electron chi connectivity index (χ2n) is 7.00. The number of fused-ring (bicyclic) bond motifs is 1. The number of aromatic amines is 1. The fourth-order valence-corrected chi connectivity index (χ4v) is 2.81. The molecule has 0 saturated heterocycles. The summed E-state index contributed by atoms with van der Waals surface area (Å²) in [6, 6.07) is 15.6. The predicted octanol–water partition coefficient (Wildman–Crippen LogP) is 5.75. The molecule has 1 aromatic heterocycles. The number of aryl methyl sites for hydroxylation is 2. The maximum Gasteiger partial charge on any atom is 0.0491 e. The zero-order valence-corrected chi connectivity index (χ0v) is 13.5. The maximum atomic E-state index is 3.58. The van der Waals surface area contributed by atoms with Crippen LogP contribution in [0.3, 0.4) is 0 Å². The first-order chi connectivity index (χ1) is 9.86. The first-order valence-corrected chi connectivity index (χ1v) is 7.56. The minimum atomic E-state index is 0.201. The summed E-state index contributed by atoms with van der Waals surface area (Å²) >= 11 is 0. The Labute approximate surface area is 127 Å². The highest BCUT2D eigenvalue weighted by atomic mass is 14.7. The maximum absolute atomic E-state index is 3.58. The zero-order chi connectivity index (χ0) is 15.2. The fraction of sp³-hybridized carbons (Fsp3) is 0.300. The summed E-state index contributed by atoms with van der Waals surface area (Å²) in [5.74, 6) is 0. The van der Waals surface area contributed by atoms with E-state index in [1.165, 1.54) is 38.9 Å². The molecule has 2 aromatic carbocycles. The molecule has 3 rings (SSSR count). The van der Waals surface area contributed by atoms with E-state index in [0.717, 1.165) is 0 Å². The summed E-state index contributed by atoms with van der Waals surface area (Å²) in [6.45, 7) is 11.1. The molecule has 1 heteroatoms. The smallest absolute Gasteiger partial charge is 0.0491 e. The molecule has 0 spiro atoms. The molecule has 0 amide bonds. The third-order valence-corrected chi connectivity index (χ3v) is 4.28. The highest BCUT2D eigenvalue weighted by Gasteiger charge is 2.13. The Balaban J connectivity index is 2.09. The summed E-state index contributed by atoms with van der Waals surface area (Å²) in [4.78, 5) is 3.58. The van der Waals surface area contributed by atoms with Gasteiger partial charge in [0.15, 0.2) is 0 Å². The summed E-state index contributed by atoms with van der Waals surface area (Å²) in [6.07, 6.45) is 0. The second kappa shape index (κ2) is 4.77. The molecule has 0 radical (unpaired) electrons. The lowest BCUT2D eigenvalue weighted by molar-refractivity contribution is 0.590. The van der Waals surface area contributed by atoms with E-state index in [0.29, 0.717) is 0 Å². The largest absolute Gasteiger partial charge is 0.354 e. The first kappa shape index (κ1) is 13.9. The number of nitrogens with one attached hydrogen (secondary N) is 1. The van der Waals surface area contributed by atoms with E-state index in [2.05, 4.69) is 82.1 Å². The van der Waals surface area contributed by atoms with Crippen LogP contribution >= 0.6 is 0 Å². The SMILES string of the molecule is Cc1ccc(C)c2[nH]c(-c3ccc(C(C)(C)C)cc3)cc12. The van der Waals surface area contributed by atoms with Gasteiger partial charge in [-0.05, 0) is 47.6 Å². The van der Waals surface area contributed by atoms with Crippen LogP contribution in [0.1, 0.15) is 37.5 Å². The van der Waals surface area contributed by atoms with E-state index < -0.39 is 0 Å². The quantitative estimate of drug-likeness (QED) is 0.583. The van der Waals surface area contributed by atoms with E-state index in [1.807, 2.05) is 0 Å². The highest BCUT2D eigenvalue weighted by Crippen LogP contribution is 2.30. The Morgan fingerprint density at radius 1 is 0.810 bits per heavy atom. The van der Waals surface area contributed by atoms with Crippen molar-refractivity contribution in [2.45, 2.75) is 40.0 Å². The van der Waals surface area contributed by atoms with Crippen molar-refractivity contribution in [1.29, 1.82) is 0 Å². The number of aromatic nitrogens is 1. The molecule has 1 nitrogen and oxygen atoms in total. The van der Waals surface area contributed by atoms with Gasteiger partial charge in [-0.15, -0.1) is 0 Å². The van der Waals surface area contributed by atoms with Crippen LogP contribution in [-0.2, 0) is 5.41 Å². The van der Waals surface area contributed by atoms with Crippen molar-refractivity contribution < 1.29 is 0 Å². The Morgan fingerprint density at radius 3 is 2.00 bits per heavy atom. The Morgan fingerprint density at radius 2 is 1.43 bits per heavy atom. The second-order valence-corrected chi connectivity index (χ2v) is 7.00. The van der Waals surface area contributed by atoms with Crippen molar-refractivity contribution >= 4 is 10.9 Å². The van der Waals surface area contributed by atoms with E-state index >= 15 is 0 Å². The van der Waals surface area contributed by atoms with Crippen molar-refractivity contribution in [3.63, 3.8) is 0 Å². The number of benzene rings is 2. The van der Waals surface area contributed by atoms with Crippen LogP contribution < -0.4 is 0 Å². The Hall–Kier alpha value is -2.02. The van der Waals surface area contributed by atoms with Crippen LogP contribution in [0.5, 0.6) is 0 Å². The summed E-state index contributed by atoms with van der Waals surface area (Å²) in [5, 5.41) is 1.32. The van der Waals surface area contributed by atoms with E-state index in [-0.39, 0.29) is 5.41 Å². The molecule has 108 valence electrons. The molecule has 0 fully saturated rings. The van der Waals surface area contributed by atoms with Crippen molar-refractivity contribution in [2.24, 2.45) is 0 Å².